The zero-order valence-corrected chi connectivity index (χ0v) is 12.8. The average Bonchev–Trinajstić information content (AvgIpc) is 2.85. The quantitative estimate of drug-likeness (QED) is 0.678. The molecule has 1 unspecified atom stereocenters. The van der Waals surface area contributed by atoms with Gasteiger partial charge in [0.05, 0.1) is 0 Å². The summed E-state index contributed by atoms with van der Waals surface area (Å²) in [6, 6.07) is 15.8. The maximum atomic E-state index is 12.8. The van der Waals surface area contributed by atoms with E-state index in [-0.39, 0.29) is 5.97 Å². The minimum absolute atomic E-state index is 0.164. The van der Waals surface area contributed by atoms with Crippen LogP contribution in [0.2, 0.25) is 0 Å². The lowest BCUT2D eigenvalue weighted by molar-refractivity contribution is -0.137. The molecule has 0 bridgehead atoms. The Morgan fingerprint density at radius 1 is 1.09 bits per heavy atom. The molecule has 1 aliphatic heterocycles. The molecule has 22 heavy (non-hydrogen) atoms. The number of hydrogen-bond donors (Lipinski definition) is 1. The first-order chi connectivity index (χ1) is 10.7. The Labute approximate surface area is 131 Å². The number of hydrogen-bond acceptors (Lipinski definition) is 3. The van der Waals surface area contributed by atoms with Gasteiger partial charge in [-0.1, -0.05) is 62.2 Å². The van der Waals surface area contributed by atoms with E-state index < -0.39 is 5.41 Å². The minimum Gasteiger partial charge on any atom is -0.425 e. The van der Waals surface area contributed by atoms with E-state index in [0.717, 1.165) is 36.0 Å². The summed E-state index contributed by atoms with van der Waals surface area (Å²) >= 11 is 0. The molecule has 2 aromatic carbocycles. The van der Waals surface area contributed by atoms with Gasteiger partial charge in [-0.05, 0) is 23.6 Å². The van der Waals surface area contributed by atoms with Crippen molar-refractivity contribution in [1.29, 1.82) is 0 Å². The van der Waals surface area contributed by atoms with Crippen molar-refractivity contribution in [2.75, 3.05) is 0 Å². The van der Waals surface area contributed by atoms with Crippen LogP contribution in [0.5, 0.6) is 5.75 Å². The Kier molecular flexibility index (Phi) is 3.99. The summed E-state index contributed by atoms with van der Waals surface area (Å²) in [6.45, 7) is 2.64. The van der Waals surface area contributed by atoms with Crippen molar-refractivity contribution in [3.63, 3.8) is 0 Å². The average molecular weight is 295 g/mol. The lowest BCUT2D eigenvalue weighted by atomic mass is 9.72. The summed E-state index contributed by atoms with van der Waals surface area (Å²) in [5.41, 5.74) is 8.04. The molecular weight excluding hydrogens is 274 g/mol. The second-order valence-electron chi connectivity index (χ2n) is 5.80. The fraction of sp³-hybridized carbons (Fsp3) is 0.316. The van der Waals surface area contributed by atoms with Crippen LogP contribution >= 0.6 is 0 Å². The normalized spacial score (nSPS) is 19.8. The molecule has 2 aromatic rings. The van der Waals surface area contributed by atoms with Crippen molar-refractivity contribution in [3.8, 4) is 5.75 Å². The lowest BCUT2D eigenvalue weighted by Gasteiger charge is -2.26. The number of carbonyl (C=O) groups excluding carboxylic acids is 1. The van der Waals surface area contributed by atoms with E-state index in [1.54, 1.807) is 0 Å². The summed E-state index contributed by atoms with van der Waals surface area (Å²) in [5.74, 6) is 0.522. The number of carbonyl (C=O) groups is 1. The third-order valence-corrected chi connectivity index (χ3v) is 4.49. The molecule has 1 heterocycles. The zero-order chi connectivity index (χ0) is 15.6. The highest BCUT2D eigenvalue weighted by molar-refractivity contribution is 5.94. The van der Waals surface area contributed by atoms with E-state index in [0.29, 0.717) is 12.3 Å². The summed E-state index contributed by atoms with van der Waals surface area (Å²) in [5, 5.41) is 0. The van der Waals surface area contributed by atoms with E-state index in [1.165, 1.54) is 0 Å². The van der Waals surface area contributed by atoms with E-state index in [2.05, 4.69) is 6.92 Å². The SMILES string of the molecule is CCCCC1(c2ccc(CN)cc2)C(=O)Oc2ccccc21. The van der Waals surface area contributed by atoms with Crippen LogP contribution in [-0.2, 0) is 16.8 Å². The molecule has 0 saturated heterocycles. The number of unbranched alkanes of at least 4 members (excludes halogenated alkanes) is 1. The molecule has 1 atom stereocenters. The molecule has 114 valence electrons. The summed E-state index contributed by atoms with van der Waals surface area (Å²) < 4.78 is 5.57. The van der Waals surface area contributed by atoms with E-state index in [1.807, 2.05) is 48.5 Å². The van der Waals surface area contributed by atoms with Gasteiger partial charge in [0.2, 0.25) is 0 Å². The van der Waals surface area contributed by atoms with Gasteiger partial charge in [0.25, 0.3) is 0 Å². The van der Waals surface area contributed by atoms with Gasteiger partial charge < -0.3 is 10.5 Å². The van der Waals surface area contributed by atoms with Crippen molar-refractivity contribution in [3.05, 3.63) is 65.2 Å². The van der Waals surface area contributed by atoms with Crippen LogP contribution in [0.1, 0.15) is 42.9 Å². The molecule has 0 radical (unpaired) electrons. The van der Waals surface area contributed by atoms with Crippen LogP contribution in [0.15, 0.2) is 48.5 Å². The standard InChI is InChI=1S/C19H21NO2/c1-2-3-12-19(15-10-8-14(13-20)9-11-15)16-6-4-5-7-17(16)22-18(19)21/h4-11H,2-3,12-13,20H2,1H3. The maximum absolute atomic E-state index is 12.8. The molecule has 1 aliphatic rings. The van der Waals surface area contributed by atoms with Crippen molar-refractivity contribution in [2.45, 2.75) is 38.1 Å². The number of benzene rings is 2. The van der Waals surface area contributed by atoms with E-state index in [9.17, 15) is 4.79 Å². The van der Waals surface area contributed by atoms with Crippen LogP contribution in [0.4, 0.5) is 0 Å². The van der Waals surface area contributed by atoms with Crippen LogP contribution in [0, 0.1) is 0 Å². The van der Waals surface area contributed by atoms with Gasteiger partial charge in [-0.3, -0.25) is 4.79 Å². The van der Waals surface area contributed by atoms with Gasteiger partial charge in [-0.15, -0.1) is 0 Å². The van der Waals surface area contributed by atoms with Crippen molar-refractivity contribution in [1.82, 2.24) is 0 Å². The monoisotopic (exact) mass is 295 g/mol. The molecule has 0 amide bonds. The zero-order valence-electron chi connectivity index (χ0n) is 12.8. The molecule has 0 aromatic heterocycles. The molecule has 3 nitrogen and oxygen atoms in total. The van der Waals surface area contributed by atoms with E-state index >= 15 is 0 Å². The topological polar surface area (TPSA) is 52.3 Å². The largest absolute Gasteiger partial charge is 0.425 e. The molecule has 3 heteroatoms. The van der Waals surface area contributed by atoms with Gasteiger partial charge in [0, 0.05) is 12.1 Å². The number of para-hydroxylation sites is 1. The maximum Gasteiger partial charge on any atom is 0.326 e. The molecule has 0 fully saturated rings. The van der Waals surface area contributed by atoms with E-state index in [4.69, 9.17) is 10.5 Å². The van der Waals surface area contributed by atoms with Crippen LogP contribution in [-0.4, -0.2) is 5.97 Å². The first-order valence-corrected chi connectivity index (χ1v) is 7.83. The highest BCUT2D eigenvalue weighted by Crippen LogP contribution is 2.47. The summed E-state index contributed by atoms with van der Waals surface area (Å²) in [7, 11) is 0. The lowest BCUT2D eigenvalue weighted by Crippen LogP contribution is -2.35. The van der Waals surface area contributed by atoms with Crippen molar-refractivity contribution in [2.24, 2.45) is 5.73 Å². The Morgan fingerprint density at radius 3 is 2.50 bits per heavy atom. The van der Waals surface area contributed by atoms with Crippen LogP contribution in [0.3, 0.4) is 0 Å². The van der Waals surface area contributed by atoms with Crippen molar-refractivity contribution < 1.29 is 9.53 Å². The number of rotatable bonds is 5. The fourth-order valence-corrected chi connectivity index (χ4v) is 3.23. The summed E-state index contributed by atoms with van der Waals surface area (Å²) in [6.07, 6.45) is 2.78. The Hall–Kier alpha value is -2.13. The molecule has 3 rings (SSSR count). The van der Waals surface area contributed by atoms with Crippen molar-refractivity contribution >= 4 is 5.97 Å². The molecule has 2 N–H and O–H groups in total. The predicted molar refractivity (Wildman–Crippen MR) is 86.7 cm³/mol. The number of fused-ring (bicyclic) bond motifs is 1. The molecule has 0 saturated carbocycles. The van der Waals surface area contributed by atoms with Gasteiger partial charge in [0.1, 0.15) is 11.2 Å². The van der Waals surface area contributed by atoms with Gasteiger partial charge >= 0.3 is 5.97 Å². The Bertz CT molecular complexity index is 678. The molecular formula is C19H21NO2. The highest BCUT2D eigenvalue weighted by atomic mass is 16.5. The number of nitrogens with two attached hydrogens (primary N) is 1. The minimum atomic E-state index is -0.681. The predicted octanol–water partition coefficient (Wildman–Crippen LogP) is 3.54. The van der Waals surface area contributed by atoms with Gasteiger partial charge in [0.15, 0.2) is 0 Å². The first kappa shape index (κ1) is 14.8. The van der Waals surface area contributed by atoms with Gasteiger partial charge in [-0.25, -0.2) is 0 Å². The summed E-state index contributed by atoms with van der Waals surface area (Å²) in [4.78, 5) is 12.8. The third-order valence-electron chi connectivity index (χ3n) is 4.49. The first-order valence-electron chi connectivity index (χ1n) is 7.83. The van der Waals surface area contributed by atoms with Gasteiger partial charge in [-0.2, -0.15) is 0 Å². The van der Waals surface area contributed by atoms with Crippen LogP contribution < -0.4 is 10.5 Å². The fourth-order valence-electron chi connectivity index (χ4n) is 3.23. The smallest absolute Gasteiger partial charge is 0.326 e. The number of esters is 1. The second-order valence-corrected chi connectivity index (χ2v) is 5.80. The Morgan fingerprint density at radius 2 is 1.82 bits per heavy atom. The second kappa shape index (κ2) is 5.93. The third kappa shape index (κ3) is 2.22. The number of ether oxygens (including phenoxy) is 1. The highest BCUT2D eigenvalue weighted by Gasteiger charge is 2.49. The van der Waals surface area contributed by atoms with Crippen LogP contribution in [0.25, 0.3) is 0 Å². The molecule has 0 spiro atoms. The Balaban J connectivity index is 2.14. The molecule has 0 aliphatic carbocycles.